The summed E-state index contributed by atoms with van der Waals surface area (Å²) >= 11 is 0. The summed E-state index contributed by atoms with van der Waals surface area (Å²) in [7, 11) is 0. The van der Waals surface area contributed by atoms with Crippen molar-refractivity contribution in [2.75, 3.05) is 13.1 Å². The molecular formula is C22H30N4O2. The highest BCUT2D eigenvalue weighted by atomic mass is 16.3. The monoisotopic (exact) mass is 382 g/mol. The van der Waals surface area contributed by atoms with Gasteiger partial charge in [0, 0.05) is 13.1 Å². The number of aliphatic hydroxyl groups excluding tert-OH is 1. The molecule has 2 heterocycles. The molecule has 2 aromatic rings. The molecule has 2 aliphatic rings. The zero-order valence-corrected chi connectivity index (χ0v) is 16.4. The first-order valence-corrected chi connectivity index (χ1v) is 10.6. The molecule has 1 aromatic heterocycles. The first-order valence-electron chi connectivity index (χ1n) is 10.6. The van der Waals surface area contributed by atoms with Crippen LogP contribution in [0.25, 0.3) is 0 Å². The topological polar surface area (TPSA) is 71.2 Å². The number of piperidine rings is 1. The zero-order chi connectivity index (χ0) is 19.3. The van der Waals surface area contributed by atoms with Gasteiger partial charge in [-0.25, -0.2) is 4.68 Å². The van der Waals surface area contributed by atoms with Crippen molar-refractivity contribution < 1.29 is 9.90 Å². The molecule has 1 atom stereocenters. The summed E-state index contributed by atoms with van der Waals surface area (Å²) in [5.74, 6) is 0.209. The molecule has 1 saturated heterocycles. The maximum absolute atomic E-state index is 12.8. The smallest absolute Gasteiger partial charge is 0.276 e. The number of carbonyl (C=O) groups excluding carboxylic acids is 1. The Bertz CT molecular complexity index is 762. The molecule has 4 rings (SSSR count). The minimum absolute atomic E-state index is 0.0296. The van der Waals surface area contributed by atoms with Crippen LogP contribution >= 0.6 is 0 Å². The third kappa shape index (κ3) is 4.43. The van der Waals surface area contributed by atoms with Crippen molar-refractivity contribution >= 4 is 5.91 Å². The molecule has 1 aromatic carbocycles. The Morgan fingerprint density at radius 2 is 1.79 bits per heavy atom. The normalized spacial score (nSPS) is 20.2. The van der Waals surface area contributed by atoms with Gasteiger partial charge in [0.15, 0.2) is 5.69 Å². The van der Waals surface area contributed by atoms with Gasteiger partial charge in [0.25, 0.3) is 5.91 Å². The molecule has 0 bridgehead atoms. The van der Waals surface area contributed by atoms with E-state index < -0.39 is 0 Å². The molecule has 6 nitrogen and oxygen atoms in total. The van der Waals surface area contributed by atoms with E-state index in [1.807, 2.05) is 34.0 Å². The van der Waals surface area contributed by atoms with Crippen molar-refractivity contribution in [2.45, 2.75) is 63.5 Å². The number of carbonyl (C=O) groups is 1. The quantitative estimate of drug-likeness (QED) is 0.862. The Labute approximate surface area is 166 Å². The second-order valence-electron chi connectivity index (χ2n) is 8.26. The van der Waals surface area contributed by atoms with Crippen LogP contribution in [0.5, 0.6) is 0 Å². The van der Waals surface area contributed by atoms with Crippen LogP contribution in [0.1, 0.15) is 67.0 Å². The number of rotatable bonds is 5. The van der Waals surface area contributed by atoms with E-state index in [-0.39, 0.29) is 17.9 Å². The SMILES string of the molecule is O=C(c1cn(C2CCCCC2)nn1)N1CCC(C(O)Cc2ccccc2)CC1. The molecule has 28 heavy (non-hydrogen) atoms. The van der Waals surface area contributed by atoms with Crippen molar-refractivity contribution in [2.24, 2.45) is 5.92 Å². The van der Waals surface area contributed by atoms with Crippen molar-refractivity contribution in [1.82, 2.24) is 19.9 Å². The molecule has 1 N–H and O–H groups in total. The van der Waals surface area contributed by atoms with Crippen LogP contribution < -0.4 is 0 Å². The van der Waals surface area contributed by atoms with Gasteiger partial charge in [-0.2, -0.15) is 0 Å². The summed E-state index contributed by atoms with van der Waals surface area (Å²) in [5, 5.41) is 19.0. The molecule has 1 aliphatic carbocycles. The Morgan fingerprint density at radius 1 is 1.07 bits per heavy atom. The summed E-state index contributed by atoms with van der Waals surface area (Å²) in [6.07, 6.45) is 9.81. The van der Waals surface area contributed by atoms with E-state index in [4.69, 9.17) is 0 Å². The highest BCUT2D eigenvalue weighted by molar-refractivity contribution is 5.92. The minimum Gasteiger partial charge on any atom is -0.392 e. The second-order valence-corrected chi connectivity index (χ2v) is 8.26. The van der Waals surface area contributed by atoms with Crippen LogP contribution in [-0.2, 0) is 6.42 Å². The average molecular weight is 383 g/mol. The van der Waals surface area contributed by atoms with E-state index in [1.54, 1.807) is 0 Å². The number of amides is 1. The Kier molecular flexibility index (Phi) is 6.05. The van der Waals surface area contributed by atoms with E-state index in [1.165, 1.54) is 19.3 Å². The highest BCUT2D eigenvalue weighted by Gasteiger charge is 2.29. The van der Waals surface area contributed by atoms with Crippen LogP contribution in [0.3, 0.4) is 0 Å². The van der Waals surface area contributed by atoms with Gasteiger partial charge in [-0.15, -0.1) is 5.10 Å². The Balaban J connectivity index is 1.29. The predicted octanol–water partition coefficient (Wildman–Crippen LogP) is 3.24. The zero-order valence-electron chi connectivity index (χ0n) is 16.4. The van der Waals surface area contributed by atoms with E-state index in [2.05, 4.69) is 22.4 Å². The molecule has 2 fully saturated rings. The predicted molar refractivity (Wildman–Crippen MR) is 107 cm³/mol. The van der Waals surface area contributed by atoms with Gasteiger partial charge in [-0.05, 0) is 43.6 Å². The van der Waals surface area contributed by atoms with Gasteiger partial charge < -0.3 is 10.0 Å². The van der Waals surface area contributed by atoms with Crippen molar-refractivity contribution in [3.05, 3.63) is 47.8 Å². The molecule has 1 aliphatic heterocycles. The minimum atomic E-state index is -0.355. The first kappa shape index (κ1) is 19.1. The lowest BCUT2D eigenvalue weighted by Crippen LogP contribution is -2.41. The second kappa shape index (κ2) is 8.86. The standard InChI is InChI=1S/C22H30N4O2/c27-21(15-17-7-3-1-4-8-17)18-11-13-25(14-12-18)22(28)20-16-26(24-23-20)19-9-5-2-6-10-19/h1,3-4,7-8,16,18-19,21,27H,2,5-6,9-15H2. The molecule has 1 amide bonds. The number of aromatic nitrogens is 3. The van der Waals surface area contributed by atoms with Gasteiger partial charge in [0.05, 0.1) is 18.3 Å². The Morgan fingerprint density at radius 3 is 2.50 bits per heavy atom. The number of likely N-dealkylation sites (tertiary alicyclic amines) is 1. The largest absolute Gasteiger partial charge is 0.392 e. The van der Waals surface area contributed by atoms with Gasteiger partial charge in [0.2, 0.25) is 0 Å². The summed E-state index contributed by atoms with van der Waals surface area (Å²) in [5.41, 5.74) is 1.61. The van der Waals surface area contributed by atoms with Crippen LogP contribution in [0.4, 0.5) is 0 Å². The average Bonchev–Trinajstić information content (AvgIpc) is 3.25. The number of benzene rings is 1. The molecule has 1 saturated carbocycles. The van der Waals surface area contributed by atoms with Gasteiger partial charge in [-0.1, -0.05) is 54.8 Å². The fourth-order valence-corrected chi connectivity index (χ4v) is 4.57. The van der Waals surface area contributed by atoms with E-state index in [9.17, 15) is 9.90 Å². The number of aliphatic hydroxyl groups is 1. The van der Waals surface area contributed by atoms with Gasteiger partial charge in [-0.3, -0.25) is 4.79 Å². The number of hydrogen-bond donors (Lipinski definition) is 1. The van der Waals surface area contributed by atoms with Crippen LogP contribution in [0.2, 0.25) is 0 Å². The van der Waals surface area contributed by atoms with Crippen molar-refractivity contribution in [3.63, 3.8) is 0 Å². The van der Waals surface area contributed by atoms with Crippen LogP contribution in [0.15, 0.2) is 36.5 Å². The maximum atomic E-state index is 12.8. The maximum Gasteiger partial charge on any atom is 0.276 e. The summed E-state index contributed by atoms with van der Waals surface area (Å²) in [6, 6.07) is 10.5. The van der Waals surface area contributed by atoms with Crippen molar-refractivity contribution in [3.8, 4) is 0 Å². The lowest BCUT2D eigenvalue weighted by atomic mass is 9.88. The van der Waals surface area contributed by atoms with E-state index in [0.29, 0.717) is 31.2 Å². The van der Waals surface area contributed by atoms with Crippen LogP contribution in [-0.4, -0.2) is 50.1 Å². The lowest BCUT2D eigenvalue weighted by Gasteiger charge is -2.34. The fraction of sp³-hybridized carbons (Fsp3) is 0.591. The lowest BCUT2D eigenvalue weighted by molar-refractivity contribution is 0.0463. The summed E-state index contributed by atoms with van der Waals surface area (Å²) in [4.78, 5) is 14.7. The van der Waals surface area contributed by atoms with E-state index in [0.717, 1.165) is 31.2 Å². The van der Waals surface area contributed by atoms with E-state index >= 15 is 0 Å². The highest BCUT2D eigenvalue weighted by Crippen LogP contribution is 2.28. The summed E-state index contributed by atoms with van der Waals surface area (Å²) in [6.45, 7) is 1.34. The Hall–Kier alpha value is -2.21. The molecule has 1 unspecified atom stereocenters. The number of hydrogen-bond acceptors (Lipinski definition) is 4. The third-order valence-electron chi connectivity index (χ3n) is 6.34. The van der Waals surface area contributed by atoms with Crippen molar-refractivity contribution in [1.29, 1.82) is 0 Å². The summed E-state index contributed by atoms with van der Waals surface area (Å²) < 4.78 is 1.89. The molecule has 0 spiro atoms. The van der Waals surface area contributed by atoms with Gasteiger partial charge >= 0.3 is 0 Å². The van der Waals surface area contributed by atoms with Gasteiger partial charge in [0.1, 0.15) is 0 Å². The molecule has 0 radical (unpaired) electrons. The molecular weight excluding hydrogens is 352 g/mol. The number of nitrogens with zero attached hydrogens (tertiary/aromatic N) is 4. The third-order valence-corrected chi connectivity index (χ3v) is 6.34. The first-order chi connectivity index (χ1) is 13.7. The van der Waals surface area contributed by atoms with Crippen LogP contribution in [0, 0.1) is 5.92 Å². The molecule has 6 heteroatoms. The molecule has 150 valence electrons. The fourth-order valence-electron chi connectivity index (χ4n) is 4.57.